The predicted octanol–water partition coefficient (Wildman–Crippen LogP) is 2.75. The van der Waals surface area contributed by atoms with Gasteiger partial charge in [-0.3, -0.25) is 4.79 Å². The number of nitrogens with one attached hydrogen (secondary N) is 1. The van der Waals surface area contributed by atoms with E-state index in [4.69, 9.17) is 22.1 Å². The number of hydrogen-bond acceptors (Lipinski definition) is 5. The third-order valence-corrected chi connectivity index (χ3v) is 4.17. The molecule has 0 fully saturated rings. The van der Waals surface area contributed by atoms with Crippen molar-refractivity contribution in [1.29, 1.82) is 0 Å². The number of amides is 1. The molecule has 0 unspecified atom stereocenters. The van der Waals surface area contributed by atoms with Crippen LogP contribution in [0.15, 0.2) is 42.5 Å². The van der Waals surface area contributed by atoms with Crippen LogP contribution in [-0.4, -0.2) is 28.0 Å². The molecule has 1 aromatic heterocycles. The van der Waals surface area contributed by atoms with Gasteiger partial charge in [0.2, 0.25) is 0 Å². The van der Waals surface area contributed by atoms with Crippen LogP contribution >= 0.6 is 11.6 Å². The molecule has 0 radical (unpaired) electrons. The van der Waals surface area contributed by atoms with Gasteiger partial charge in [-0.2, -0.15) is 4.68 Å². The van der Waals surface area contributed by atoms with Crippen LogP contribution in [0.25, 0.3) is 5.69 Å². The highest BCUT2D eigenvalue weighted by Gasteiger charge is 2.19. The van der Waals surface area contributed by atoms with Crippen molar-refractivity contribution < 1.29 is 9.53 Å². The van der Waals surface area contributed by atoms with Gasteiger partial charge in [-0.05, 0) is 42.3 Å². The number of nitrogens with zero attached hydrogens (tertiary/aromatic N) is 3. The fraction of sp³-hybridized carbons (Fsp3) is 0.167. The van der Waals surface area contributed by atoms with Crippen LogP contribution in [0, 0.1) is 6.92 Å². The van der Waals surface area contributed by atoms with Gasteiger partial charge >= 0.3 is 0 Å². The lowest BCUT2D eigenvalue weighted by Crippen LogP contribution is -2.24. The molecule has 0 aliphatic carbocycles. The highest BCUT2D eigenvalue weighted by Crippen LogP contribution is 2.22. The van der Waals surface area contributed by atoms with E-state index in [1.165, 1.54) is 4.68 Å². The average molecular weight is 372 g/mol. The molecule has 0 atom stereocenters. The zero-order chi connectivity index (χ0) is 18.7. The number of hydrogen-bond donors (Lipinski definition) is 2. The molecule has 7 nitrogen and oxygen atoms in total. The summed E-state index contributed by atoms with van der Waals surface area (Å²) in [7, 11) is 1.60. The van der Waals surface area contributed by atoms with Crippen molar-refractivity contribution in [3.8, 4) is 11.4 Å². The second-order valence-corrected chi connectivity index (χ2v) is 6.13. The molecule has 0 aliphatic rings. The maximum absolute atomic E-state index is 12.4. The fourth-order valence-corrected chi connectivity index (χ4v) is 2.62. The zero-order valence-corrected chi connectivity index (χ0v) is 15.1. The van der Waals surface area contributed by atoms with Crippen LogP contribution in [0.2, 0.25) is 5.02 Å². The van der Waals surface area contributed by atoms with Crippen LogP contribution in [0.5, 0.6) is 5.75 Å². The molecule has 0 saturated carbocycles. The summed E-state index contributed by atoms with van der Waals surface area (Å²) in [5.41, 5.74) is 8.66. The molecular formula is C18H18ClN5O2. The molecule has 0 saturated heterocycles. The number of rotatable bonds is 5. The second-order valence-electron chi connectivity index (χ2n) is 5.70. The van der Waals surface area contributed by atoms with E-state index in [-0.39, 0.29) is 11.5 Å². The lowest BCUT2D eigenvalue weighted by Gasteiger charge is -2.08. The van der Waals surface area contributed by atoms with Gasteiger partial charge in [0.25, 0.3) is 5.91 Å². The minimum atomic E-state index is -0.399. The normalized spacial score (nSPS) is 10.6. The van der Waals surface area contributed by atoms with Crippen molar-refractivity contribution in [3.63, 3.8) is 0 Å². The van der Waals surface area contributed by atoms with Gasteiger partial charge in [0, 0.05) is 11.6 Å². The molecular weight excluding hydrogens is 354 g/mol. The number of aryl methyl sites for hydroxylation is 1. The average Bonchev–Trinajstić information content (AvgIpc) is 3.03. The number of methoxy groups -OCH3 is 1. The Hall–Kier alpha value is -3.06. The van der Waals surface area contributed by atoms with Crippen molar-refractivity contribution in [3.05, 3.63) is 64.3 Å². The Morgan fingerprint density at radius 1 is 1.27 bits per heavy atom. The first-order valence-corrected chi connectivity index (χ1v) is 8.26. The molecule has 2 aromatic carbocycles. The Labute approximate surface area is 155 Å². The molecule has 0 spiro atoms. The summed E-state index contributed by atoms with van der Waals surface area (Å²) in [6.45, 7) is 2.24. The van der Waals surface area contributed by atoms with E-state index in [0.717, 1.165) is 16.9 Å². The van der Waals surface area contributed by atoms with E-state index in [2.05, 4.69) is 15.6 Å². The Morgan fingerprint density at radius 2 is 2.00 bits per heavy atom. The maximum Gasteiger partial charge on any atom is 0.275 e. The van der Waals surface area contributed by atoms with E-state index in [9.17, 15) is 4.79 Å². The molecule has 8 heteroatoms. The Morgan fingerprint density at radius 3 is 2.69 bits per heavy atom. The fourth-order valence-electron chi connectivity index (χ4n) is 2.45. The third-order valence-electron chi connectivity index (χ3n) is 3.93. The zero-order valence-electron chi connectivity index (χ0n) is 14.4. The first-order chi connectivity index (χ1) is 12.5. The number of benzene rings is 2. The van der Waals surface area contributed by atoms with Gasteiger partial charge in [0.1, 0.15) is 5.75 Å². The number of nitrogens with two attached hydrogens (primary N) is 1. The minimum absolute atomic E-state index is 0.0675. The van der Waals surface area contributed by atoms with Crippen LogP contribution < -0.4 is 15.8 Å². The monoisotopic (exact) mass is 371 g/mol. The largest absolute Gasteiger partial charge is 0.497 e. The van der Waals surface area contributed by atoms with Gasteiger partial charge in [-0.15, -0.1) is 5.10 Å². The SMILES string of the molecule is COc1ccc(CNC(=O)c2nnn(-c3cc(Cl)ccc3C)c2N)cc1. The molecule has 3 rings (SSSR count). The highest BCUT2D eigenvalue weighted by molar-refractivity contribution is 6.30. The van der Waals surface area contributed by atoms with Crippen molar-refractivity contribution in [2.24, 2.45) is 0 Å². The number of carbonyl (C=O) groups is 1. The summed E-state index contributed by atoms with van der Waals surface area (Å²) >= 11 is 6.04. The molecule has 26 heavy (non-hydrogen) atoms. The van der Waals surface area contributed by atoms with Crippen LogP contribution in [-0.2, 0) is 6.54 Å². The molecule has 0 bridgehead atoms. The van der Waals surface area contributed by atoms with E-state index in [0.29, 0.717) is 17.3 Å². The molecule has 1 heterocycles. The topological polar surface area (TPSA) is 95.1 Å². The predicted molar refractivity (Wildman–Crippen MR) is 99.7 cm³/mol. The number of anilines is 1. The molecule has 0 aliphatic heterocycles. The summed E-state index contributed by atoms with van der Waals surface area (Å²) in [5.74, 6) is 0.510. The first-order valence-electron chi connectivity index (χ1n) is 7.88. The third kappa shape index (κ3) is 3.62. The Kier molecular flexibility index (Phi) is 5.09. The van der Waals surface area contributed by atoms with Crippen LogP contribution in [0.3, 0.4) is 0 Å². The van der Waals surface area contributed by atoms with E-state index in [1.807, 2.05) is 37.3 Å². The van der Waals surface area contributed by atoms with Gasteiger partial charge in [0.15, 0.2) is 11.5 Å². The highest BCUT2D eigenvalue weighted by atomic mass is 35.5. The van der Waals surface area contributed by atoms with E-state index >= 15 is 0 Å². The Balaban J connectivity index is 1.76. The maximum atomic E-state index is 12.4. The number of carbonyl (C=O) groups excluding carboxylic acids is 1. The minimum Gasteiger partial charge on any atom is -0.497 e. The number of nitrogen functional groups attached to an aromatic ring is 1. The summed E-state index contributed by atoms with van der Waals surface area (Å²) in [6.07, 6.45) is 0. The van der Waals surface area contributed by atoms with E-state index < -0.39 is 5.91 Å². The summed E-state index contributed by atoms with van der Waals surface area (Å²) < 4.78 is 6.51. The molecule has 134 valence electrons. The smallest absolute Gasteiger partial charge is 0.275 e. The van der Waals surface area contributed by atoms with Crippen molar-refractivity contribution in [2.75, 3.05) is 12.8 Å². The van der Waals surface area contributed by atoms with Crippen LogP contribution in [0.4, 0.5) is 5.82 Å². The van der Waals surface area contributed by atoms with Crippen molar-refractivity contribution in [2.45, 2.75) is 13.5 Å². The van der Waals surface area contributed by atoms with Gasteiger partial charge in [-0.25, -0.2) is 0 Å². The van der Waals surface area contributed by atoms with E-state index in [1.54, 1.807) is 19.2 Å². The quantitative estimate of drug-likeness (QED) is 0.719. The molecule has 3 N–H and O–H groups in total. The van der Waals surface area contributed by atoms with Crippen molar-refractivity contribution in [1.82, 2.24) is 20.3 Å². The number of aromatic nitrogens is 3. The van der Waals surface area contributed by atoms with Gasteiger partial charge in [-0.1, -0.05) is 35.0 Å². The molecule has 3 aromatic rings. The van der Waals surface area contributed by atoms with Gasteiger partial charge in [0.05, 0.1) is 12.8 Å². The second kappa shape index (κ2) is 7.45. The lowest BCUT2D eigenvalue weighted by atomic mass is 10.2. The van der Waals surface area contributed by atoms with Crippen LogP contribution in [0.1, 0.15) is 21.6 Å². The standard InChI is InChI=1S/C18H18ClN5O2/c1-11-3-6-13(19)9-15(11)24-17(20)16(22-23-24)18(25)21-10-12-4-7-14(26-2)8-5-12/h3-9H,10,20H2,1-2H3,(H,21,25). The number of halogens is 1. The number of ether oxygens (including phenoxy) is 1. The Bertz CT molecular complexity index is 937. The summed E-state index contributed by atoms with van der Waals surface area (Å²) in [4.78, 5) is 12.4. The molecule has 1 amide bonds. The first kappa shape index (κ1) is 17.8. The summed E-state index contributed by atoms with van der Waals surface area (Å²) in [5, 5.41) is 11.2. The van der Waals surface area contributed by atoms with Gasteiger partial charge < -0.3 is 15.8 Å². The lowest BCUT2D eigenvalue weighted by molar-refractivity contribution is 0.0947. The van der Waals surface area contributed by atoms with Crippen molar-refractivity contribution >= 4 is 23.3 Å². The summed E-state index contributed by atoms with van der Waals surface area (Å²) in [6, 6.07) is 12.7.